The number of hydrogen-bond donors (Lipinski definition) is 4. The molecule has 208 valence electrons. The summed E-state index contributed by atoms with van der Waals surface area (Å²) in [6.07, 6.45) is 4.18. The summed E-state index contributed by atoms with van der Waals surface area (Å²) in [6, 6.07) is 10.2. The van der Waals surface area contributed by atoms with Crippen LogP contribution < -0.4 is 20.3 Å². The van der Waals surface area contributed by atoms with Crippen molar-refractivity contribution in [2.24, 2.45) is 0 Å². The number of ether oxygens (including phenoxy) is 2. The smallest absolute Gasteiger partial charge is 0.248 e. The van der Waals surface area contributed by atoms with Crippen molar-refractivity contribution in [3.05, 3.63) is 62.9 Å². The Morgan fingerprint density at radius 1 is 1.21 bits per heavy atom. The molecule has 0 saturated carbocycles. The highest BCUT2D eigenvalue weighted by atomic mass is 35.5. The molecule has 1 aromatic heterocycles. The van der Waals surface area contributed by atoms with Crippen molar-refractivity contribution in [1.82, 2.24) is 15.2 Å². The van der Waals surface area contributed by atoms with E-state index in [1.54, 1.807) is 25.3 Å². The van der Waals surface area contributed by atoms with Crippen molar-refractivity contribution < 1.29 is 19.7 Å². The molecule has 0 bridgehead atoms. The molecule has 4 rings (SSSR count). The molecule has 0 aliphatic heterocycles. The van der Waals surface area contributed by atoms with Gasteiger partial charge in [-0.2, -0.15) is 0 Å². The van der Waals surface area contributed by atoms with Crippen molar-refractivity contribution in [3.8, 4) is 29.1 Å². The fraction of sp³-hybridized carbons (Fsp3) is 0.433. The van der Waals surface area contributed by atoms with E-state index < -0.39 is 6.10 Å². The topological polar surface area (TPSA) is 107 Å². The summed E-state index contributed by atoms with van der Waals surface area (Å²) in [6.45, 7) is 2.22. The lowest BCUT2D eigenvalue weighted by atomic mass is 10.0. The Labute approximate surface area is 233 Å². The van der Waals surface area contributed by atoms with Crippen molar-refractivity contribution in [2.75, 3.05) is 33.9 Å². The number of aromatic nitrogens is 1. The SMILES string of the molecule is COc1cc(OCCCCN(C)C2CC#CCC2)c(Cl)cc1CNC[C@H](O)c1ccc(O)c2[nH]c(=O)ccc12. The van der Waals surface area contributed by atoms with Crippen LogP contribution in [0, 0.1) is 11.8 Å². The first kappa shape index (κ1) is 28.8. The van der Waals surface area contributed by atoms with Gasteiger partial charge in [-0.1, -0.05) is 17.7 Å². The molecular formula is C30H36ClN3O5. The molecule has 1 heterocycles. The van der Waals surface area contributed by atoms with Gasteiger partial charge in [0.2, 0.25) is 5.56 Å². The second-order valence-corrected chi connectivity index (χ2v) is 10.2. The molecular weight excluding hydrogens is 518 g/mol. The van der Waals surface area contributed by atoms with E-state index in [0.717, 1.165) is 44.2 Å². The number of halogens is 1. The van der Waals surface area contributed by atoms with Crippen LogP contribution >= 0.6 is 11.6 Å². The van der Waals surface area contributed by atoms with Crippen molar-refractivity contribution >= 4 is 22.5 Å². The minimum absolute atomic E-state index is 0.0459. The number of fused-ring (bicyclic) bond motifs is 1. The molecule has 2 atom stereocenters. The van der Waals surface area contributed by atoms with E-state index in [1.165, 1.54) is 12.1 Å². The number of phenolic OH excluding ortho intramolecular Hbond substituents is 1. The fourth-order valence-corrected chi connectivity index (χ4v) is 5.08. The first-order chi connectivity index (χ1) is 18.9. The average molecular weight is 554 g/mol. The third-order valence-corrected chi connectivity index (χ3v) is 7.40. The van der Waals surface area contributed by atoms with Crippen molar-refractivity contribution in [3.63, 3.8) is 0 Å². The van der Waals surface area contributed by atoms with Crippen molar-refractivity contribution in [1.29, 1.82) is 0 Å². The van der Waals surface area contributed by atoms with Gasteiger partial charge in [0.1, 0.15) is 17.2 Å². The quantitative estimate of drug-likeness (QED) is 0.184. The highest BCUT2D eigenvalue weighted by Crippen LogP contribution is 2.33. The lowest BCUT2D eigenvalue weighted by molar-refractivity contribution is 0.175. The summed E-state index contributed by atoms with van der Waals surface area (Å²) < 4.78 is 11.5. The molecule has 1 aliphatic rings. The number of aliphatic hydroxyl groups is 1. The second-order valence-electron chi connectivity index (χ2n) is 9.81. The molecule has 1 aliphatic carbocycles. The molecule has 0 fully saturated rings. The number of nitrogens with zero attached hydrogens (tertiary/aromatic N) is 1. The van der Waals surface area contributed by atoms with Crippen LogP contribution in [0.1, 0.15) is 49.3 Å². The molecule has 1 unspecified atom stereocenters. The Hall–Kier alpha value is -3.22. The zero-order chi connectivity index (χ0) is 27.8. The van der Waals surface area contributed by atoms with Crippen LogP contribution in [-0.4, -0.2) is 60.0 Å². The van der Waals surface area contributed by atoms with Gasteiger partial charge in [-0.25, -0.2) is 0 Å². The average Bonchev–Trinajstić information content (AvgIpc) is 2.94. The number of hydrogen-bond acceptors (Lipinski definition) is 7. The number of aromatic amines is 1. The van der Waals surface area contributed by atoms with Gasteiger partial charge in [0.05, 0.1) is 30.4 Å². The van der Waals surface area contributed by atoms with Crippen LogP contribution in [-0.2, 0) is 6.54 Å². The zero-order valence-corrected chi connectivity index (χ0v) is 23.2. The number of H-pyrrole nitrogens is 1. The molecule has 9 heteroatoms. The highest BCUT2D eigenvalue weighted by molar-refractivity contribution is 6.32. The van der Waals surface area contributed by atoms with Gasteiger partial charge in [0.15, 0.2) is 0 Å². The number of aliphatic hydroxyl groups excluding tert-OH is 1. The number of pyridine rings is 1. The van der Waals surface area contributed by atoms with Gasteiger partial charge >= 0.3 is 0 Å². The normalized spacial score (nSPS) is 15.7. The van der Waals surface area contributed by atoms with Crippen LogP contribution in [0.3, 0.4) is 0 Å². The third-order valence-electron chi connectivity index (χ3n) is 7.11. The number of aromatic hydroxyl groups is 1. The largest absolute Gasteiger partial charge is 0.506 e. The van der Waals surface area contributed by atoms with E-state index >= 15 is 0 Å². The fourth-order valence-electron chi connectivity index (χ4n) is 4.84. The van der Waals surface area contributed by atoms with Gasteiger partial charge in [0.25, 0.3) is 0 Å². The Kier molecular flexibility index (Phi) is 10.1. The standard InChI is InChI=1S/C30H36ClN3O5/c1-34(21-8-4-3-5-9-21)14-6-7-15-39-28-17-27(38-2)20(16-24(28)31)18-32-19-26(36)22-10-12-25(35)30-23(22)11-13-29(37)33-30/h10-13,16-17,21,26,32,35-36H,4,6-9,14-15,18-19H2,1-2H3,(H,33,37)/t21?,26-/m0/s1. The maximum absolute atomic E-state index is 11.6. The maximum Gasteiger partial charge on any atom is 0.248 e. The van der Waals surface area contributed by atoms with Crippen LogP contribution in [0.15, 0.2) is 41.2 Å². The number of unbranched alkanes of at least 4 members (excludes halogenated alkanes) is 1. The summed E-state index contributed by atoms with van der Waals surface area (Å²) >= 11 is 6.52. The molecule has 0 saturated heterocycles. The predicted molar refractivity (Wildman–Crippen MR) is 154 cm³/mol. The molecule has 4 N–H and O–H groups in total. The highest BCUT2D eigenvalue weighted by Gasteiger charge is 2.17. The summed E-state index contributed by atoms with van der Waals surface area (Å²) in [4.78, 5) is 16.7. The number of phenols is 1. The first-order valence-corrected chi connectivity index (χ1v) is 13.6. The number of rotatable bonds is 13. The summed E-state index contributed by atoms with van der Waals surface area (Å²) in [7, 11) is 3.77. The first-order valence-electron chi connectivity index (χ1n) is 13.3. The maximum atomic E-state index is 11.6. The molecule has 2 aromatic carbocycles. The van der Waals surface area contributed by atoms with E-state index in [4.69, 9.17) is 21.1 Å². The second kappa shape index (κ2) is 13.7. The van der Waals surface area contributed by atoms with E-state index in [9.17, 15) is 15.0 Å². The molecule has 39 heavy (non-hydrogen) atoms. The van der Waals surface area contributed by atoms with E-state index in [2.05, 4.69) is 34.1 Å². The molecule has 8 nitrogen and oxygen atoms in total. The lowest BCUT2D eigenvalue weighted by Gasteiger charge is -2.27. The lowest BCUT2D eigenvalue weighted by Crippen LogP contribution is -2.33. The summed E-state index contributed by atoms with van der Waals surface area (Å²) in [5.74, 6) is 7.56. The predicted octanol–water partition coefficient (Wildman–Crippen LogP) is 4.37. The van der Waals surface area contributed by atoms with Crippen LogP contribution in [0.2, 0.25) is 5.02 Å². The van der Waals surface area contributed by atoms with Gasteiger partial charge in [0, 0.05) is 55.1 Å². The molecule has 0 radical (unpaired) electrons. The molecule has 3 aromatic rings. The third kappa shape index (κ3) is 7.46. The monoisotopic (exact) mass is 553 g/mol. The minimum Gasteiger partial charge on any atom is -0.506 e. The summed E-state index contributed by atoms with van der Waals surface area (Å²) in [5, 5.41) is 25.2. The van der Waals surface area contributed by atoms with E-state index in [0.29, 0.717) is 52.2 Å². The molecule has 0 amide bonds. The van der Waals surface area contributed by atoms with Crippen molar-refractivity contribution in [2.45, 2.75) is 50.8 Å². The Morgan fingerprint density at radius 3 is 2.82 bits per heavy atom. The van der Waals surface area contributed by atoms with Gasteiger partial charge in [-0.3, -0.25) is 4.79 Å². The number of benzene rings is 2. The van der Waals surface area contributed by atoms with E-state index in [-0.39, 0.29) is 17.9 Å². The Balaban J connectivity index is 1.28. The number of methoxy groups -OCH3 is 1. The number of nitrogens with one attached hydrogen (secondary N) is 2. The summed E-state index contributed by atoms with van der Waals surface area (Å²) in [5.41, 5.74) is 1.41. The van der Waals surface area contributed by atoms with Gasteiger partial charge < -0.3 is 34.9 Å². The van der Waals surface area contributed by atoms with Crippen LogP contribution in [0.4, 0.5) is 0 Å². The van der Waals surface area contributed by atoms with Gasteiger partial charge in [-0.15, -0.1) is 11.8 Å². The van der Waals surface area contributed by atoms with Crippen LogP contribution in [0.25, 0.3) is 10.9 Å². The van der Waals surface area contributed by atoms with E-state index in [1.807, 2.05) is 6.07 Å². The Bertz CT molecular complexity index is 1400. The molecule has 0 spiro atoms. The Morgan fingerprint density at radius 2 is 2.05 bits per heavy atom. The van der Waals surface area contributed by atoms with Gasteiger partial charge in [-0.05, 0) is 56.6 Å². The van der Waals surface area contributed by atoms with Crippen LogP contribution in [0.5, 0.6) is 17.2 Å². The zero-order valence-electron chi connectivity index (χ0n) is 22.4. The minimum atomic E-state index is -0.867.